The third-order valence-electron chi connectivity index (χ3n) is 9.42. The Morgan fingerprint density at radius 1 is 0.714 bits per heavy atom. The zero-order chi connectivity index (χ0) is 23.4. The van der Waals surface area contributed by atoms with E-state index in [1.54, 1.807) is 0 Å². The lowest BCUT2D eigenvalue weighted by atomic mass is 9.90. The highest BCUT2D eigenvalue weighted by Crippen LogP contribution is 2.64. The van der Waals surface area contributed by atoms with Gasteiger partial charge >= 0.3 is 0 Å². The maximum Gasteiger partial charge on any atom is 0.150 e. The molecule has 3 aromatic carbocycles. The minimum atomic E-state index is 0.682. The van der Waals surface area contributed by atoms with Crippen LogP contribution in [0.25, 0.3) is 0 Å². The Balaban J connectivity index is 1.02. The van der Waals surface area contributed by atoms with E-state index in [1.165, 1.54) is 48.9 Å². The molecule has 3 heteroatoms. The van der Waals surface area contributed by atoms with Crippen molar-refractivity contribution in [1.82, 2.24) is 0 Å². The van der Waals surface area contributed by atoms with Crippen LogP contribution in [0, 0.1) is 23.7 Å². The van der Waals surface area contributed by atoms with Gasteiger partial charge in [0.2, 0.25) is 0 Å². The number of hydrogen-bond acceptors (Lipinski definition) is 3. The Kier molecular flexibility index (Phi) is 5.11. The van der Waals surface area contributed by atoms with Crippen molar-refractivity contribution in [3.63, 3.8) is 0 Å². The number of aldehydes is 1. The Morgan fingerprint density at radius 3 is 1.89 bits per heavy atom. The lowest BCUT2D eigenvalue weighted by Gasteiger charge is -2.32. The molecule has 3 nitrogen and oxygen atoms in total. The van der Waals surface area contributed by atoms with Crippen LogP contribution in [-0.2, 0) is 6.42 Å². The minimum Gasteiger partial charge on any atom is -0.365 e. The largest absolute Gasteiger partial charge is 0.365 e. The Bertz CT molecular complexity index is 1220. The van der Waals surface area contributed by atoms with Crippen LogP contribution in [0.5, 0.6) is 0 Å². The summed E-state index contributed by atoms with van der Waals surface area (Å²) in [6.07, 6.45) is 10.9. The van der Waals surface area contributed by atoms with Crippen molar-refractivity contribution in [2.45, 2.75) is 50.6 Å². The topological polar surface area (TPSA) is 32.7 Å². The molecule has 2 unspecified atom stereocenters. The zero-order valence-corrected chi connectivity index (χ0v) is 20.1. The molecule has 3 saturated carbocycles. The van der Waals surface area contributed by atoms with Crippen molar-refractivity contribution >= 4 is 23.9 Å². The number of benzene rings is 3. The van der Waals surface area contributed by atoms with Gasteiger partial charge in [-0.15, -0.1) is 0 Å². The van der Waals surface area contributed by atoms with E-state index in [2.05, 4.69) is 58.4 Å². The fraction of sp³-hybridized carbons (Fsp3) is 0.375. The second-order valence-corrected chi connectivity index (χ2v) is 11.2. The standard InChI is InChI=1S/C32H32N2O/c35-20-24-3-1-23(2-4-24)19-33-27-11-5-21(6-12-27)17-22-7-13-28(14-8-22)34-29-15-9-25-18-26-10-16-30(34)32(26)31(25)29/h1-8,11-14,19-20,25-26,29-32H,9-10,15-18H2/t25-,26+,29?,30?,31+,32-. The van der Waals surface area contributed by atoms with Gasteiger partial charge in [0, 0.05) is 29.5 Å². The quantitative estimate of drug-likeness (QED) is 0.297. The first-order chi connectivity index (χ1) is 17.3. The fourth-order valence-electron chi connectivity index (χ4n) is 8.06. The molecule has 0 amide bonds. The van der Waals surface area contributed by atoms with Gasteiger partial charge < -0.3 is 4.90 Å². The average molecular weight is 461 g/mol. The lowest BCUT2D eigenvalue weighted by molar-refractivity contribution is 0.112. The molecule has 1 saturated heterocycles. The summed E-state index contributed by atoms with van der Waals surface area (Å²) in [6.45, 7) is 0. The van der Waals surface area contributed by atoms with Crippen LogP contribution in [0.15, 0.2) is 77.8 Å². The summed E-state index contributed by atoms with van der Waals surface area (Å²) in [6, 6.07) is 27.1. The van der Waals surface area contributed by atoms with Crippen LogP contribution in [0.1, 0.15) is 59.2 Å². The summed E-state index contributed by atoms with van der Waals surface area (Å²) < 4.78 is 0. The molecule has 0 bridgehead atoms. The van der Waals surface area contributed by atoms with Crippen molar-refractivity contribution in [2.24, 2.45) is 28.7 Å². The van der Waals surface area contributed by atoms with E-state index in [9.17, 15) is 4.79 Å². The maximum absolute atomic E-state index is 10.8. The van der Waals surface area contributed by atoms with Gasteiger partial charge in [0.25, 0.3) is 0 Å². The SMILES string of the molecule is O=Cc1ccc(C=Nc2ccc(Cc3ccc(N4C5CC[C@@H]6C[C@@H]7CCC4[C@@H]7[C@H]56)cc3)cc2)cc1. The molecular weight excluding hydrogens is 428 g/mol. The van der Waals surface area contributed by atoms with Crippen LogP contribution >= 0.6 is 0 Å². The van der Waals surface area contributed by atoms with E-state index >= 15 is 0 Å². The average Bonchev–Trinajstić information content (AvgIpc) is 3.65. The Labute approximate surface area is 207 Å². The van der Waals surface area contributed by atoms with Crippen molar-refractivity contribution in [2.75, 3.05) is 4.90 Å². The van der Waals surface area contributed by atoms with Crippen LogP contribution < -0.4 is 4.90 Å². The van der Waals surface area contributed by atoms with Crippen molar-refractivity contribution in [1.29, 1.82) is 0 Å². The summed E-state index contributed by atoms with van der Waals surface area (Å²) in [5.41, 5.74) is 6.75. The number of aliphatic imine (C=N–C) groups is 1. The number of hydrogen-bond donors (Lipinski definition) is 0. The summed E-state index contributed by atoms with van der Waals surface area (Å²) in [5.74, 6) is 4.03. The van der Waals surface area contributed by atoms with Gasteiger partial charge in [-0.1, -0.05) is 48.5 Å². The molecule has 4 aliphatic rings. The molecule has 7 rings (SSSR count). The van der Waals surface area contributed by atoms with Crippen molar-refractivity contribution in [3.05, 3.63) is 95.1 Å². The summed E-state index contributed by atoms with van der Waals surface area (Å²) in [5, 5.41) is 0. The van der Waals surface area contributed by atoms with Gasteiger partial charge in [0.05, 0.1) is 5.69 Å². The molecular formula is C32H32N2O. The normalized spacial score (nSPS) is 30.3. The molecule has 0 radical (unpaired) electrons. The highest BCUT2D eigenvalue weighted by Gasteiger charge is 2.62. The summed E-state index contributed by atoms with van der Waals surface area (Å²) in [7, 11) is 0. The third kappa shape index (κ3) is 3.64. The number of carbonyl (C=O) groups excluding carboxylic acids is 1. The van der Waals surface area contributed by atoms with Gasteiger partial charge in [0.1, 0.15) is 6.29 Å². The van der Waals surface area contributed by atoms with Gasteiger partial charge in [-0.05, 0) is 103 Å². The van der Waals surface area contributed by atoms with E-state index in [0.717, 1.165) is 59.7 Å². The van der Waals surface area contributed by atoms with Gasteiger partial charge in [-0.25, -0.2) is 0 Å². The molecule has 1 aliphatic heterocycles. The predicted octanol–water partition coefficient (Wildman–Crippen LogP) is 6.85. The van der Waals surface area contributed by atoms with E-state index in [0.29, 0.717) is 5.56 Å². The monoisotopic (exact) mass is 460 g/mol. The molecule has 35 heavy (non-hydrogen) atoms. The van der Waals surface area contributed by atoms with Gasteiger partial charge in [-0.3, -0.25) is 9.79 Å². The first-order valence-corrected chi connectivity index (χ1v) is 13.3. The van der Waals surface area contributed by atoms with Gasteiger partial charge in [0.15, 0.2) is 0 Å². The second kappa shape index (κ2) is 8.48. The second-order valence-electron chi connectivity index (χ2n) is 11.2. The molecule has 6 atom stereocenters. The Hall–Kier alpha value is -3.20. The third-order valence-corrected chi connectivity index (χ3v) is 9.42. The molecule has 3 aliphatic carbocycles. The molecule has 176 valence electrons. The Morgan fingerprint density at radius 2 is 1.29 bits per heavy atom. The molecule has 0 aromatic heterocycles. The summed E-state index contributed by atoms with van der Waals surface area (Å²) >= 11 is 0. The number of rotatable bonds is 6. The zero-order valence-electron chi connectivity index (χ0n) is 20.1. The molecule has 4 fully saturated rings. The smallest absolute Gasteiger partial charge is 0.150 e. The van der Waals surface area contributed by atoms with E-state index in [4.69, 9.17) is 0 Å². The van der Waals surface area contributed by atoms with E-state index in [1.807, 2.05) is 30.5 Å². The minimum absolute atomic E-state index is 0.682. The molecule has 1 heterocycles. The van der Waals surface area contributed by atoms with Crippen molar-refractivity contribution < 1.29 is 4.79 Å². The van der Waals surface area contributed by atoms with Crippen LogP contribution in [0.4, 0.5) is 11.4 Å². The predicted molar refractivity (Wildman–Crippen MR) is 142 cm³/mol. The lowest BCUT2D eigenvalue weighted by Crippen LogP contribution is -2.36. The molecule has 0 spiro atoms. The van der Waals surface area contributed by atoms with E-state index < -0.39 is 0 Å². The van der Waals surface area contributed by atoms with Crippen LogP contribution in [0.2, 0.25) is 0 Å². The van der Waals surface area contributed by atoms with Crippen LogP contribution in [-0.4, -0.2) is 24.6 Å². The van der Waals surface area contributed by atoms with Crippen molar-refractivity contribution in [3.8, 4) is 0 Å². The van der Waals surface area contributed by atoms with Crippen LogP contribution in [0.3, 0.4) is 0 Å². The number of nitrogens with zero attached hydrogens (tertiary/aromatic N) is 2. The highest BCUT2D eigenvalue weighted by atomic mass is 16.1. The molecule has 0 N–H and O–H groups in total. The number of anilines is 1. The first kappa shape index (κ1) is 21.1. The van der Waals surface area contributed by atoms with Gasteiger partial charge in [-0.2, -0.15) is 0 Å². The number of carbonyl (C=O) groups is 1. The summed E-state index contributed by atoms with van der Waals surface area (Å²) in [4.78, 5) is 18.2. The first-order valence-electron chi connectivity index (χ1n) is 13.3. The molecule has 3 aromatic rings. The maximum atomic E-state index is 10.8. The van der Waals surface area contributed by atoms with E-state index in [-0.39, 0.29) is 0 Å². The fourth-order valence-corrected chi connectivity index (χ4v) is 8.06. The highest BCUT2D eigenvalue weighted by molar-refractivity contribution is 5.84.